The molecule has 50 heavy (non-hydrogen) atoms. The fourth-order valence-corrected chi connectivity index (χ4v) is 5.42. The first-order chi connectivity index (χ1) is 24.6. The van der Waals surface area contributed by atoms with Crippen LogP contribution in [0.25, 0.3) is 0 Å². The molecule has 0 saturated carbocycles. The fourth-order valence-electron chi connectivity index (χ4n) is 5.42. The van der Waals surface area contributed by atoms with Crippen LogP contribution < -0.4 is 0 Å². The van der Waals surface area contributed by atoms with Gasteiger partial charge in [0.1, 0.15) is 6.61 Å². The van der Waals surface area contributed by atoms with Crippen LogP contribution >= 0.6 is 0 Å². The molecule has 1 atom stereocenters. The second-order valence-electron chi connectivity index (χ2n) is 13.3. The van der Waals surface area contributed by atoms with Crippen LogP contribution in [-0.4, -0.2) is 36.4 Å². The van der Waals surface area contributed by atoms with Gasteiger partial charge < -0.3 is 14.6 Å². The van der Waals surface area contributed by atoms with Gasteiger partial charge in [0.05, 0.1) is 6.61 Å². The van der Waals surface area contributed by atoms with E-state index in [0.717, 1.165) is 57.8 Å². The van der Waals surface area contributed by atoms with Gasteiger partial charge in [0.25, 0.3) is 0 Å². The van der Waals surface area contributed by atoms with Gasteiger partial charge in [-0.2, -0.15) is 0 Å². The third-order valence-electron chi connectivity index (χ3n) is 8.50. The quantitative estimate of drug-likeness (QED) is 0.0401. The number of aliphatic hydroxyl groups excluding tert-OH is 1. The van der Waals surface area contributed by atoms with Crippen molar-refractivity contribution in [2.75, 3.05) is 13.2 Å². The molecule has 0 aromatic heterocycles. The summed E-state index contributed by atoms with van der Waals surface area (Å²) in [5.41, 5.74) is 0. The maximum atomic E-state index is 12.2. The summed E-state index contributed by atoms with van der Waals surface area (Å²) in [4.78, 5) is 24.2. The lowest BCUT2D eigenvalue weighted by Crippen LogP contribution is -2.28. The Bertz CT molecular complexity index is 926. The topological polar surface area (TPSA) is 72.8 Å². The predicted octanol–water partition coefficient (Wildman–Crippen LogP) is 13.0. The highest BCUT2D eigenvalue weighted by Crippen LogP contribution is 2.13. The molecule has 0 radical (unpaired) electrons. The Morgan fingerprint density at radius 1 is 0.480 bits per heavy atom. The van der Waals surface area contributed by atoms with Gasteiger partial charge in [-0.05, 0) is 70.6 Å². The highest BCUT2D eigenvalue weighted by atomic mass is 16.6. The van der Waals surface area contributed by atoms with Gasteiger partial charge in [-0.3, -0.25) is 9.59 Å². The number of hydrogen-bond donors (Lipinski definition) is 1. The van der Waals surface area contributed by atoms with Crippen molar-refractivity contribution in [1.29, 1.82) is 0 Å². The van der Waals surface area contributed by atoms with E-state index in [1.54, 1.807) is 0 Å². The fraction of sp³-hybridized carbons (Fsp3) is 0.689. The van der Waals surface area contributed by atoms with Crippen molar-refractivity contribution in [1.82, 2.24) is 0 Å². The molecule has 0 heterocycles. The summed E-state index contributed by atoms with van der Waals surface area (Å²) in [6.45, 7) is 3.95. The molecule has 5 heteroatoms. The molecular formula is C45H76O5. The summed E-state index contributed by atoms with van der Waals surface area (Å²) in [6.07, 6.45) is 54.1. The van der Waals surface area contributed by atoms with E-state index in [0.29, 0.717) is 12.8 Å². The Balaban J connectivity index is 3.61. The molecule has 5 nitrogen and oxygen atoms in total. The van der Waals surface area contributed by atoms with E-state index >= 15 is 0 Å². The molecule has 0 aliphatic heterocycles. The number of esters is 2. The molecular weight excluding hydrogens is 620 g/mol. The largest absolute Gasteiger partial charge is 0.462 e. The van der Waals surface area contributed by atoms with E-state index in [1.807, 2.05) is 6.08 Å². The van der Waals surface area contributed by atoms with E-state index < -0.39 is 6.10 Å². The molecule has 0 spiro atoms. The number of hydrogen-bond acceptors (Lipinski definition) is 5. The molecule has 0 rings (SSSR count). The monoisotopic (exact) mass is 697 g/mol. The molecule has 0 amide bonds. The first-order valence-corrected chi connectivity index (χ1v) is 20.5. The second-order valence-corrected chi connectivity index (χ2v) is 13.3. The summed E-state index contributed by atoms with van der Waals surface area (Å²) in [5.74, 6) is -0.678. The smallest absolute Gasteiger partial charge is 0.306 e. The molecule has 1 unspecified atom stereocenters. The van der Waals surface area contributed by atoms with Crippen molar-refractivity contribution >= 4 is 11.9 Å². The highest BCUT2D eigenvalue weighted by molar-refractivity contribution is 5.70. The van der Waals surface area contributed by atoms with Crippen molar-refractivity contribution in [3.05, 3.63) is 72.9 Å². The molecule has 0 saturated heterocycles. The lowest BCUT2D eigenvalue weighted by Gasteiger charge is -2.15. The third kappa shape index (κ3) is 38.1. The number of carbonyl (C=O) groups is 2. The van der Waals surface area contributed by atoms with Gasteiger partial charge in [0, 0.05) is 12.8 Å². The van der Waals surface area contributed by atoms with E-state index in [4.69, 9.17) is 9.47 Å². The standard InChI is InChI=1S/C45H76O5/c1-3-5-7-9-11-13-15-17-18-19-20-21-22-23-24-25-26-28-30-32-34-36-38-40-45(48)50-43(41-46)42-49-44(47)39-37-35-33-31-29-27-16-14-12-10-8-6-4-2/h5,7,11,13,17-18,20-21,27,29,33,35,43,46H,3-4,6,8-10,12,14-16,19,22-26,28,30-32,34,36-42H2,1-2H3/b7-5+,13-11+,18-17+,21-20+,29-27+,35-33+. The maximum Gasteiger partial charge on any atom is 0.306 e. The predicted molar refractivity (Wildman–Crippen MR) is 214 cm³/mol. The lowest BCUT2D eigenvalue weighted by atomic mass is 10.0. The van der Waals surface area contributed by atoms with Crippen LogP contribution in [0.5, 0.6) is 0 Å². The van der Waals surface area contributed by atoms with Crippen molar-refractivity contribution in [3.63, 3.8) is 0 Å². The Labute approximate surface area is 308 Å². The van der Waals surface area contributed by atoms with E-state index in [1.165, 1.54) is 89.9 Å². The average Bonchev–Trinajstić information content (AvgIpc) is 3.12. The summed E-state index contributed by atoms with van der Waals surface area (Å²) >= 11 is 0. The van der Waals surface area contributed by atoms with E-state index in [2.05, 4.69) is 80.7 Å². The minimum Gasteiger partial charge on any atom is -0.462 e. The highest BCUT2D eigenvalue weighted by Gasteiger charge is 2.15. The molecule has 0 aromatic rings. The van der Waals surface area contributed by atoms with Crippen LogP contribution in [0.4, 0.5) is 0 Å². The van der Waals surface area contributed by atoms with Crippen LogP contribution in [0, 0.1) is 0 Å². The molecule has 0 aliphatic carbocycles. The van der Waals surface area contributed by atoms with Gasteiger partial charge in [0.2, 0.25) is 0 Å². The zero-order valence-electron chi connectivity index (χ0n) is 32.4. The summed E-state index contributed by atoms with van der Waals surface area (Å²) in [5, 5.41) is 9.55. The van der Waals surface area contributed by atoms with Crippen molar-refractivity contribution in [2.45, 2.75) is 187 Å². The third-order valence-corrected chi connectivity index (χ3v) is 8.50. The van der Waals surface area contributed by atoms with E-state index in [9.17, 15) is 14.7 Å². The van der Waals surface area contributed by atoms with Crippen molar-refractivity contribution in [3.8, 4) is 0 Å². The lowest BCUT2D eigenvalue weighted by molar-refractivity contribution is -0.161. The zero-order chi connectivity index (χ0) is 36.4. The Hall–Kier alpha value is -2.66. The Kier molecular flexibility index (Phi) is 38.6. The molecule has 0 bridgehead atoms. The van der Waals surface area contributed by atoms with Gasteiger partial charge in [-0.25, -0.2) is 0 Å². The number of allylic oxidation sites excluding steroid dienone is 12. The first-order valence-electron chi connectivity index (χ1n) is 20.5. The SMILES string of the molecule is CC/C=C/C/C=C/C/C=C/C/C=C/CCCCCCCCCCCCC(=O)OC(CO)COC(=O)CC/C=C/C/C=C/CCCCCCCC. The number of unbranched alkanes of at least 4 members (excludes halogenated alkanes) is 16. The zero-order valence-corrected chi connectivity index (χ0v) is 32.4. The maximum absolute atomic E-state index is 12.2. The van der Waals surface area contributed by atoms with Gasteiger partial charge in [-0.15, -0.1) is 0 Å². The first kappa shape index (κ1) is 47.3. The van der Waals surface area contributed by atoms with Crippen LogP contribution in [0.1, 0.15) is 181 Å². The van der Waals surface area contributed by atoms with Crippen LogP contribution in [0.3, 0.4) is 0 Å². The summed E-state index contributed by atoms with van der Waals surface area (Å²) in [6, 6.07) is 0. The minimum absolute atomic E-state index is 0.101. The number of rotatable bonds is 36. The Morgan fingerprint density at radius 2 is 0.900 bits per heavy atom. The number of ether oxygens (including phenoxy) is 2. The van der Waals surface area contributed by atoms with Crippen molar-refractivity contribution < 1.29 is 24.2 Å². The van der Waals surface area contributed by atoms with Crippen LogP contribution in [0.15, 0.2) is 72.9 Å². The van der Waals surface area contributed by atoms with Crippen LogP contribution in [0.2, 0.25) is 0 Å². The summed E-state index contributed by atoms with van der Waals surface area (Å²) in [7, 11) is 0. The van der Waals surface area contributed by atoms with Gasteiger partial charge >= 0.3 is 11.9 Å². The van der Waals surface area contributed by atoms with Gasteiger partial charge in [0.15, 0.2) is 6.10 Å². The van der Waals surface area contributed by atoms with Gasteiger partial charge in [-0.1, -0.05) is 170 Å². The molecule has 0 aromatic carbocycles. The number of carbonyl (C=O) groups excluding carboxylic acids is 2. The molecule has 0 fully saturated rings. The normalized spacial score (nSPS) is 12.9. The van der Waals surface area contributed by atoms with Crippen LogP contribution in [-0.2, 0) is 19.1 Å². The van der Waals surface area contributed by atoms with E-state index in [-0.39, 0.29) is 31.6 Å². The summed E-state index contributed by atoms with van der Waals surface area (Å²) < 4.78 is 10.5. The second kappa shape index (κ2) is 40.8. The molecule has 1 N–H and O–H groups in total. The number of aliphatic hydroxyl groups is 1. The minimum atomic E-state index is -0.798. The molecule has 286 valence electrons. The van der Waals surface area contributed by atoms with Crippen molar-refractivity contribution in [2.24, 2.45) is 0 Å². The Morgan fingerprint density at radius 3 is 1.38 bits per heavy atom. The molecule has 0 aliphatic rings. The average molecular weight is 697 g/mol.